The fourth-order valence-electron chi connectivity index (χ4n) is 4.01. The molecule has 0 aromatic heterocycles. The molecule has 0 spiro atoms. The van der Waals surface area contributed by atoms with Gasteiger partial charge >= 0.3 is 12.1 Å². The van der Waals surface area contributed by atoms with Crippen molar-refractivity contribution in [2.45, 2.75) is 70.9 Å². The van der Waals surface area contributed by atoms with Gasteiger partial charge in [0.2, 0.25) is 0 Å². The van der Waals surface area contributed by atoms with Gasteiger partial charge in [0.1, 0.15) is 5.69 Å². The van der Waals surface area contributed by atoms with Crippen LogP contribution >= 0.6 is 0 Å². The first-order chi connectivity index (χ1) is 14.1. The number of ether oxygens (including phenoxy) is 2. The molecule has 0 bridgehead atoms. The molecule has 1 N–H and O–H groups in total. The number of halogens is 3. The Morgan fingerprint density at radius 1 is 1.29 bits per heavy atom. The van der Waals surface area contributed by atoms with Gasteiger partial charge in [0.15, 0.2) is 0 Å². The van der Waals surface area contributed by atoms with Gasteiger partial charge in [-0.3, -0.25) is 10.1 Å². The summed E-state index contributed by atoms with van der Waals surface area (Å²) < 4.78 is 51.7. The third kappa shape index (κ3) is 6.68. The lowest BCUT2D eigenvalue weighted by Gasteiger charge is -2.45. The van der Waals surface area contributed by atoms with Gasteiger partial charge in [-0.2, -0.15) is 13.2 Å². The van der Waals surface area contributed by atoms with Crippen LogP contribution in [0.3, 0.4) is 0 Å². The van der Waals surface area contributed by atoms with E-state index in [0.29, 0.717) is 12.8 Å². The van der Waals surface area contributed by atoms with Gasteiger partial charge in [-0.15, -0.1) is 0 Å². The van der Waals surface area contributed by atoms with Crippen molar-refractivity contribution in [1.29, 1.82) is 0 Å². The standard InChI is InChI=1S/C21H27F3N2O5/c1-6-30-18(27)8-7-13-9-17(26(28)29)16(10-15(13)21(22,23)24)25-14-11-19(2,3)31-20(4,5)12-14/h7-10,14,25H,6,11-12H2,1-5H3/b8-7+. The number of nitrogens with one attached hydrogen (secondary N) is 1. The van der Waals surface area contributed by atoms with Crippen molar-refractivity contribution in [2.75, 3.05) is 11.9 Å². The number of nitrogens with zero attached hydrogens (tertiary/aromatic N) is 1. The molecule has 1 aromatic rings. The van der Waals surface area contributed by atoms with Crippen LogP contribution in [0.5, 0.6) is 0 Å². The number of anilines is 1. The summed E-state index contributed by atoms with van der Waals surface area (Å²) in [6.45, 7) is 9.05. The van der Waals surface area contributed by atoms with E-state index in [2.05, 4.69) is 10.1 Å². The Hall–Kier alpha value is -2.62. The predicted octanol–water partition coefficient (Wildman–Crippen LogP) is 5.34. The van der Waals surface area contributed by atoms with E-state index >= 15 is 0 Å². The first-order valence-corrected chi connectivity index (χ1v) is 9.85. The monoisotopic (exact) mass is 444 g/mol. The van der Waals surface area contributed by atoms with E-state index in [1.165, 1.54) is 0 Å². The molecule has 1 aliphatic rings. The van der Waals surface area contributed by atoms with Crippen LogP contribution < -0.4 is 5.32 Å². The van der Waals surface area contributed by atoms with Gasteiger partial charge in [-0.25, -0.2) is 4.79 Å². The molecule has 0 saturated carbocycles. The fourth-order valence-corrected chi connectivity index (χ4v) is 4.01. The number of esters is 1. The molecule has 1 aliphatic heterocycles. The normalized spacial score (nSPS) is 18.7. The zero-order valence-corrected chi connectivity index (χ0v) is 18.1. The third-order valence-electron chi connectivity index (χ3n) is 4.74. The molecule has 1 aromatic carbocycles. The topological polar surface area (TPSA) is 90.7 Å². The lowest BCUT2D eigenvalue weighted by molar-refractivity contribution is -0.384. The number of alkyl halides is 3. The highest BCUT2D eigenvalue weighted by Crippen LogP contribution is 2.41. The van der Waals surface area contributed by atoms with E-state index < -0.39 is 45.1 Å². The van der Waals surface area contributed by atoms with Crippen LogP contribution in [0.25, 0.3) is 6.08 Å². The summed E-state index contributed by atoms with van der Waals surface area (Å²) in [6.07, 6.45) is -2.18. The van der Waals surface area contributed by atoms with Crippen LogP contribution in [0.15, 0.2) is 18.2 Å². The largest absolute Gasteiger partial charge is 0.463 e. The number of nitro groups is 1. The maximum Gasteiger partial charge on any atom is 0.417 e. The summed E-state index contributed by atoms with van der Waals surface area (Å²) in [5.41, 5.74) is -3.44. The van der Waals surface area contributed by atoms with E-state index in [-0.39, 0.29) is 18.3 Å². The minimum Gasteiger partial charge on any atom is -0.463 e. The Morgan fingerprint density at radius 2 is 1.87 bits per heavy atom. The molecule has 1 heterocycles. The number of carbonyl (C=O) groups is 1. The van der Waals surface area contributed by atoms with Crippen LogP contribution in [0.2, 0.25) is 0 Å². The number of benzene rings is 1. The first kappa shape index (κ1) is 24.6. The average Bonchev–Trinajstić information content (AvgIpc) is 2.56. The molecule has 31 heavy (non-hydrogen) atoms. The maximum absolute atomic E-state index is 13.7. The molecule has 0 radical (unpaired) electrons. The second-order valence-electron chi connectivity index (χ2n) is 8.67. The maximum atomic E-state index is 13.7. The van der Waals surface area contributed by atoms with Crippen LogP contribution in [-0.2, 0) is 20.4 Å². The first-order valence-electron chi connectivity index (χ1n) is 9.85. The fraction of sp³-hybridized carbons (Fsp3) is 0.571. The summed E-state index contributed by atoms with van der Waals surface area (Å²) in [6, 6.07) is 1.20. The van der Waals surface area contributed by atoms with Crippen LogP contribution in [-0.4, -0.2) is 34.7 Å². The SMILES string of the molecule is CCOC(=O)/C=C/c1cc([N+](=O)[O-])c(NC2CC(C)(C)OC(C)(C)C2)cc1C(F)(F)F. The summed E-state index contributed by atoms with van der Waals surface area (Å²) >= 11 is 0. The smallest absolute Gasteiger partial charge is 0.417 e. The molecule has 0 atom stereocenters. The highest BCUT2D eigenvalue weighted by atomic mass is 19.4. The van der Waals surface area contributed by atoms with E-state index in [9.17, 15) is 28.1 Å². The van der Waals surface area contributed by atoms with Crippen molar-refractivity contribution in [2.24, 2.45) is 0 Å². The number of hydrogen-bond acceptors (Lipinski definition) is 6. The summed E-state index contributed by atoms with van der Waals surface area (Å²) in [5, 5.41) is 14.5. The number of carbonyl (C=O) groups excluding carboxylic acids is 1. The Labute approximate surface area is 178 Å². The van der Waals surface area contributed by atoms with Crippen LogP contribution in [0.4, 0.5) is 24.5 Å². The average molecular weight is 444 g/mol. The van der Waals surface area contributed by atoms with Gasteiger partial charge in [0.05, 0.1) is 28.3 Å². The lowest BCUT2D eigenvalue weighted by atomic mass is 9.85. The van der Waals surface area contributed by atoms with Crippen molar-refractivity contribution in [3.8, 4) is 0 Å². The van der Waals surface area contributed by atoms with Gasteiger partial charge in [0.25, 0.3) is 5.69 Å². The molecule has 10 heteroatoms. The Balaban J connectivity index is 2.50. The minimum absolute atomic E-state index is 0.0517. The zero-order valence-electron chi connectivity index (χ0n) is 18.1. The molecule has 2 rings (SSSR count). The van der Waals surface area contributed by atoms with Crippen molar-refractivity contribution < 1.29 is 32.4 Å². The Morgan fingerprint density at radius 3 is 2.35 bits per heavy atom. The number of hydrogen-bond donors (Lipinski definition) is 1. The van der Waals surface area contributed by atoms with Crippen molar-refractivity contribution in [3.05, 3.63) is 39.4 Å². The minimum atomic E-state index is -4.78. The van der Waals surface area contributed by atoms with Gasteiger partial charge in [-0.05, 0) is 65.2 Å². The molecule has 7 nitrogen and oxygen atoms in total. The molecular formula is C21H27F3N2O5. The van der Waals surface area contributed by atoms with Gasteiger partial charge < -0.3 is 14.8 Å². The number of rotatable bonds is 6. The van der Waals surface area contributed by atoms with Crippen molar-refractivity contribution in [1.82, 2.24) is 0 Å². The van der Waals surface area contributed by atoms with Crippen molar-refractivity contribution >= 4 is 23.4 Å². The third-order valence-corrected chi connectivity index (χ3v) is 4.74. The van der Waals surface area contributed by atoms with Crippen LogP contribution in [0, 0.1) is 10.1 Å². The van der Waals surface area contributed by atoms with E-state index in [0.717, 1.165) is 24.3 Å². The molecular weight excluding hydrogens is 417 g/mol. The highest BCUT2D eigenvalue weighted by molar-refractivity contribution is 5.88. The molecule has 1 saturated heterocycles. The lowest BCUT2D eigenvalue weighted by Crippen LogP contribution is -2.49. The molecule has 172 valence electrons. The zero-order chi connectivity index (χ0) is 23.6. The molecule has 0 unspecified atom stereocenters. The second kappa shape index (κ2) is 8.86. The van der Waals surface area contributed by atoms with Gasteiger partial charge in [-0.1, -0.05) is 0 Å². The molecule has 1 fully saturated rings. The quantitative estimate of drug-likeness (QED) is 0.276. The summed E-state index contributed by atoms with van der Waals surface area (Å²) in [5.74, 6) is -0.841. The molecule has 0 amide bonds. The Bertz CT molecular complexity index is 863. The highest BCUT2D eigenvalue weighted by Gasteiger charge is 2.41. The number of nitro benzene ring substituents is 1. The molecule has 0 aliphatic carbocycles. The summed E-state index contributed by atoms with van der Waals surface area (Å²) in [4.78, 5) is 22.4. The second-order valence-corrected chi connectivity index (χ2v) is 8.67. The van der Waals surface area contributed by atoms with E-state index in [1.807, 2.05) is 27.7 Å². The van der Waals surface area contributed by atoms with E-state index in [1.54, 1.807) is 6.92 Å². The summed E-state index contributed by atoms with van der Waals surface area (Å²) in [7, 11) is 0. The van der Waals surface area contributed by atoms with E-state index in [4.69, 9.17) is 4.74 Å². The van der Waals surface area contributed by atoms with Gasteiger partial charge in [0, 0.05) is 18.2 Å². The van der Waals surface area contributed by atoms with Crippen LogP contribution in [0.1, 0.15) is 58.6 Å². The van der Waals surface area contributed by atoms with Crippen molar-refractivity contribution in [3.63, 3.8) is 0 Å². The Kier molecular flexibility index (Phi) is 7.04. The predicted molar refractivity (Wildman–Crippen MR) is 110 cm³/mol.